The fourth-order valence-corrected chi connectivity index (χ4v) is 2.10. The topological polar surface area (TPSA) is 26.3 Å². The lowest BCUT2D eigenvalue weighted by Crippen LogP contribution is -2.14. The molecule has 17 heavy (non-hydrogen) atoms. The molecule has 1 rings (SSSR count). The van der Waals surface area contributed by atoms with Gasteiger partial charge < -0.3 is 4.74 Å². The summed E-state index contributed by atoms with van der Waals surface area (Å²) < 4.78 is 5.05. The molecule has 0 amide bonds. The van der Waals surface area contributed by atoms with Gasteiger partial charge in [-0.15, -0.1) is 0 Å². The molecule has 2 heteroatoms. The average molecular weight is 236 g/mol. The maximum Gasteiger partial charge on any atom is 0.302 e. The number of ether oxygens (including phenoxy) is 1. The largest absolute Gasteiger partial charge is 0.466 e. The Morgan fingerprint density at radius 1 is 1.47 bits per heavy atom. The van der Waals surface area contributed by atoms with E-state index in [0.717, 1.165) is 19.3 Å². The van der Waals surface area contributed by atoms with Crippen molar-refractivity contribution in [3.63, 3.8) is 0 Å². The first-order valence-corrected chi connectivity index (χ1v) is 6.52. The third-order valence-electron chi connectivity index (χ3n) is 3.15. The van der Waals surface area contributed by atoms with E-state index in [2.05, 4.69) is 26.0 Å². The van der Waals surface area contributed by atoms with Gasteiger partial charge in [-0.3, -0.25) is 4.79 Å². The Labute approximate surface area is 105 Å². The maximum absolute atomic E-state index is 10.7. The number of carbonyl (C=O) groups is 1. The van der Waals surface area contributed by atoms with Gasteiger partial charge in [0.05, 0.1) is 6.61 Å². The molecule has 2 nitrogen and oxygen atoms in total. The highest BCUT2D eigenvalue weighted by molar-refractivity contribution is 5.65. The van der Waals surface area contributed by atoms with Gasteiger partial charge in [0, 0.05) is 6.92 Å². The number of esters is 1. The van der Waals surface area contributed by atoms with Gasteiger partial charge in [0.2, 0.25) is 0 Å². The second kappa shape index (κ2) is 7.31. The Balaban J connectivity index is 2.24. The molecule has 0 aliphatic heterocycles. The van der Waals surface area contributed by atoms with Crippen molar-refractivity contribution in [2.75, 3.05) is 6.61 Å². The lowest BCUT2D eigenvalue weighted by molar-refractivity contribution is -0.142. The lowest BCUT2D eigenvalue weighted by atomic mass is 9.88. The van der Waals surface area contributed by atoms with Crippen molar-refractivity contribution in [3.05, 3.63) is 23.3 Å². The molecule has 0 saturated carbocycles. The summed E-state index contributed by atoms with van der Waals surface area (Å²) in [5.74, 6) is 0.370. The molecule has 0 saturated heterocycles. The second-order valence-electron chi connectivity index (χ2n) is 5.13. The molecule has 0 N–H and O–H groups in total. The van der Waals surface area contributed by atoms with Crippen molar-refractivity contribution in [1.29, 1.82) is 0 Å². The first-order valence-electron chi connectivity index (χ1n) is 6.52. The standard InChI is InChI=1S/C15H24O2/c1-12(2)5-4-6-14-7-9-15(10-8-14)11-17-13(3)16/h5,7,15H,4,6,8-11H2,1-3H3/t15-/m1/s1. The highest BCUT2D eigenvalue weighted by Crippen LogP contribution is 2.26. The van der Waals surface area contributed by atoms with Crippen LogP contribution in [0.25, 0.3) is 0 Å². The molecule has 0 spiro atoms. The number of allylic oxidation sites excluding steroid dienone is 4. The van der Waals surface area contributed by atoms with Crippen molar-refractivity contribution in [1.82, 2.24) is 0 Å². The number of hydrogen-bond acceptors (Lipinski definition) is 2. The molecule has 0 heterocycles. The SMILES string of the molecule is CC(=O)OC[C@@H]1CC=C(CCC=C(C)C)CC1. The zero-order chi connectivity index (χ0) is 12.7. The van der Waals surface area contributed by atoms with Gasteiger partial charge >= 0.3 is 5.97 Å². The Hall–Kier alpha value is -1.05. The molecule has 0 aromatic rings. The van der Waals surface area contributed by atoms with E-state index in [-0.39, 0.29) is 5.97 Å². The van der Waals surface area contributed by atoms with Crippen LogP contribution in [0.15, 0.2) is 23.3 Å². The third-order valence-corrected chi connectivity index (χ3v) is 3.15. The number of hydrogen-bond donors (Lipinski definition) is 0. The van der Waals surface area contributed by atoms with Gasteiger partial charge in [0.25, 0.3) is 0 Å². The van der Waals surface area contributed by atoms with Crippen LogP contribution in [0.1, 0.15) is 52.9 Å². The predicted molar refractivity (Wildman–Crippen MR) is 70.7 cm³/mol. The summed E-state index contributed by atoms with van der Waals surface area (Å²) in [6.45, 7) is 6.35. The number of carbonyl (C=O) groups excluding carboxylic acids is 1. The van der Waals surface area contributed by atoms with Gasteiger partial charge in [-0.25, -0.2) is 0 Å². The summed E-state index contributed by atoms with van der Waals surface area (Å²) in [5.41, 5.74) is 2.97. The van der Waals surface area contributed by atoms with Crippen molar-refractivity contribution in [2.24, 2.45) is 5.92 Å². The Kier molecular flexibility index (Phi) is 6.03. The molecule has 1 atom stereocenters. The molecule has 0 aromatic heterocycles. The summed E-state index contributed by atoms with van der Waals surface area (Å²) in [5, 5.41) is 0. The Morgan fingerprint density at radius 2 is 2.24 bits per heavy atom. The van der Waals surface area contributed by atoms with Gasteiger partial charge in [0.1, 0.15) is 0 Å². The normalized spacial score (nSPS) is 19.5. The van der Waals surface area contributed by atoms with Crippen LogP contribution in [0.5, 0.6) is 0 Å². The molecule has 1 aliphatic carbocycles. The van der Waals surface area contributed by atoms with Crippen LogP contribution in [0, 0.1) is 5.92 Å². The summed E-state index contributed by atoms with van der Waals surface area (Å²) in [4.78, 5) is 10.7. The van der Waals surface area contributed by atoms with Crippen LogP contribution in [-0.2, 0) is 9.53 Å². The van der Waals surface area contributed by atoms with Gasteiger partial charge in [-0.05, 0) is 51.9 Å². The van der Waals surface area contributed by atoms with Crippen LogP contribution < -0.4 is 0 Å². The summed E-state index contributed by atoms with van der Waals surface area (Å²) >= 11 is 0. The first-order chi connectivity index (χ1) is 8.08. The predicted octanol–water partition coefficient (Wildman–Crippen LogP) is 4.02. The minimum atomic E-state index is -0.164. The molecular formula is C15H24O2. The van der Waals surface area contributed by atoms with E-state index in [9.17, 15) is 4.79 Å². The van der Waals surface area contributed by atoms with E-state index in [1.165, 1.54) is 25.3 Å². The highest BCUT2D eigenvalue weighted by Gasteiger charge is 2.15. The lowest BCUT2D eigenvalue weighted by Gasteiger charge is -2.21. The molecule has 0 unspecified atom stereocenters. The van der Waals surface area contributed by atoms with Crippen molar-refractivity contribution >= 4 is 5.97 Å². The zero-order valence-corrected chi connectivity index (χ0v) is 11.3. The third kappa shape index (κ3) is 6.30. The minimum Gasteiger partial charge on any atom is -0.466 e. The van der Waals surface area contributed by atoms with Crippen LogP contribution in [0.4, 0.5) is 0 Å². The van der Waals surface area contributed by atoms with E-state index in [1.807, 2.05) is 0 Å². The quantitative estimate of drug-likeness (QED) is 0.532. The highest BCUT2D eigenvalue weighted by atomic mass is 16.5. The van der Waals surface area contributed by atoms with E-state index < -0.39 is 0 Å². The number of rotatable bonds is 5. The van der Waals surface area contributed by atoms with E-state index >= 15 is 0 Å². The van der Waals surface area contributed by atoms with Gasteiger partial charge in [-0.2, -0.15) is 0 Å². The monoisotopic (exact) mass is 236 g/mol. The molecule has 0 bridgehead atoms. The van der Waals surface area contributed by atoms with Crippen molar-refractivity contribution < 1.29 is 9.53 Å². The summed E-state index contributed by atoms with van der Waals surface area (Å²) in [6.07, 6.45) is 10.4. The van der Waals surface area contributed by atoms with Crippen LogP contribution >= 0.6 is 0 Å². The van der Waals surface area contributed by atoms with Crippen LogP contribution in [-0.4, -0.2) is 12.6 Å². The minimum absolute atomic E-state index is 0.164. The molecule has 0 aromatic carbocycles. The van der Waals surface area contributed by atoms with E-state index in [0.29, 0.717) is 12.5 Å². The summed E-state index contributed by atoms with van der Waals surface area (Å²) in [7, 11) is 0. The Morgan fingerprint density at radius 3 is 2.76 bits per heavy atom. The molecular weight excluding hydrogens is 212 g/mol. The van der Waals surface area contributed by atoms with Crippen LogP contribution in [0.2, 0.25) is 0 Å². The average Bonchev–Trinajstić information content (AvgIpc) is 2.27. The van der Waals surface area contributed by atoms with Crippen molar-refractivity contribution in [3.8, 4) is 0 Å². The van der Waals surface area contributed by atoms with E-state index in [4.69, 9.17) is 4.74 Å². The van der Waals surface area contributed by atoms with Gasteiger partial charge in [0.15, 0.2) is 0 Å². The molecule has 1 aliphatic rings. The fourth-order valence-electron chi connectivity index (χ4n) is 2.10. The molecule has 0 fully saturated rings. The fraction of sp³-hybridized carbons (Fsp3) is 0.667. The Bertz CT molecular complexity index is 309. The zero-order valence-electron chi connectivity index (χ0n) is 11.3. The van der Waals surface area contributed by atoms with Crippen LogP contribution in [0.3, 0.4) is 0 Å². The van der Waals surface area contributed by atoms with Gasteiger partial charge in [-0.1, -0.05) is 23.3 Å². The first kappa shape index (κ1) is 14.0. The smallest absolute Gasteiger partial charge is 0.302 e. The van der Waals surface area contributed by atoms with E-state index in [1.54, 1.807) is 5.57 Å². The second-order valence-corrected chi connectivity index (χ2v) is 5.13. The van der Waals surface area contributed by atoms with Crippen molar-refractivity contribution in [2.45, 2.75) is 52.9 Å². The molecule has 0 radical (unpaired) electrons. The molecule has 96 valence electrons. The summed E-state index contributed by atoms with van der Waals surface area (Å²) in [6, 6.07) is 0. The maximum atomic E-state index is 10.7.